The van der Waals surface area contributed by atoms with Crippen LogP contribution in [0.3, 0.4) is 0 Å². The number of thiocyanates is 1. The summed E-state index contributed by atoms with van der Waals surface area (Å²) in [5.74, 6) is -0.140. The Bertz CT molecular complexity index is 526. The molecule has 102 valence electrons. The predicted molar refractivity (Wildman–Crippen MR) is 80.3 cm³/mol. The minimum Gasteiger partial charge on any atom is -0.480 e. The third-order valence-corrected chi connectivity index (χ3v) is 9.25. The lowest BCUT2D eigenvalue weighted by Gasteiger charge is -2.30. The molecule has 1 aromatic rings. The highest BCUT2D eigenvalue weighted by molar-refractivity contribution is 8.96. The Labute approximate surface area is 118 Å². The summed E-state index contributed by atoms with van der Waals surface area (Å²) in [4.78, 5) is 12.6. The summed E-state index contributed by atoms with van der Waals surface area (Å²) in [6.07, 6.45) is 3.07. The molecule has 2 unspecified atom stereocenters. The van der Waals surface area contributed by atoms with Crippen LogP contribution in [-0.4, -0.2) is 16.8 Å². The monoisotopic (exact) mass is 295 g/mol. The van der Waals surface area contributed by atoms with Crippen LogP contribution in [0.1, 0.15) is 37.0 Å². The fourth-order valence-corrected chi connectivity index (χ4v) is 8.34. The molecule has 2 rings (SSSR count). The van der Waals surface area contributed by atoms with E-state index in [1.807, 2.05) is 24.3 Å². The number of nitriles is 1. The van der Waals surface area contributed by atoms with Crippen molar-refractivity contribution in [3.05, 3.63) is 29.8 Å². The second kappa shape index (κ2) is 5.89. The first-order valence-electron chi connectivity index (χ1n) is 6.36. The molecule has 19 heavy (non-hydrogen) atoms. The second-order valence-corrected chi connectivity index (χ2v) is 9.97. The minimum absolute atomic E-state index is 0.629. The molecule has 1 heterocycles. The average Bonchev–Trinajstić information content (AvgIpc) is 2.73. The number of aliphatic carboxylic acids is 1. The number of carboxylic acid groups (broad SMARTS) is 1. The van der Waals surface area contributed by atoms with Gasteiger partial charge in [-0.1, -0.05) is 57.8 Å². The molecular weight excluding hydrogens is 278 g/mol. The van der Waals surface area contributed by atoms with E-state index in [4.69, 9.17) is 0 Å². The minimum atomic E-state index is -1.85. The molecule has 0 radical (unpaired) electrons. The van der Waals surface area contributed by atoms with Crippen LogP contribution >= 0.6 is 19.9 Å². The zero-order valence-electron chi connectivity index (χ0n) is 10.8. The maximum Gasteiger partial charge on any atom is 0.321 e. The van der Waals surface area contributed by atoms with Crippen molar-refractivity contribution in [1.29, 1.82) is 5.26 Å². The first-order chi connectivity index (χ1) is 9.14. The first kappa shape index (κ1) is 14.3. The third-order valence-electron chi connectivity index (χ3n) is 3.25. The summed E-state index contributed by atoms with van der Waals surface area (Å²) in [6.45, 7) is 2.11. The predicted octanol–water partition coefficient (Wildman–Crippen LogP) is 4.31. The maximum absolute atomic E-state index is 11.6. The van der Waals surface area contributed by atoms with Gasteiger partial charge in [0.2, 0.25) is 0 Å². The Kier molecular flexibility index (Phi) is 4.43. The summed E-state index contributed by atoms with van der Waals surface area (Å²) >= 11 is 0. The molecule has 0 spiro atoms. The molecule has 1 N–H and O–H groups in total. The van der Waals surface area contributed by atoms with Crippen LogP contribution in [0.15, 0.2) is 29.2 Å². The molecule has 0 aromatic heterocycles. The lowest BCUT2D eigenvalue weighted by Crippen LogP contribution is -2.15. The van der Waals surface area contributed by atoms with E-state index in [-0.39, 0.29) is 0 Å². The van der Waals surface area contributed by atoms with Gasteiger partial charge in [-0.15, -0.1) is 0 Å². The van der Waals surface area contributed by atoms with E-state index >= 15 is 0 Å². The number of hydrogen-bond donors (Lipinski definition) is 1. The number of hydrogen-bond acceptors (Lipinski definition) is 3. The van der Waals surface area contributed by atoms with Crippen LogP contribution in [0.5, 0.6) is 0 Å². The number of carbonyl (C=O) groups is 1. The normalized spacial score (nSPS) is 28.1. The number of nitrogens with zero attached hydrogens (tertiary/aromatic N) is 1. The van der Waals surface area contributed by atoms with Crippen molar-refractivity contribution in [2.24, 2.45) is 0 Å². The molecule has 0 aliphatic carbocycles. The fraction of sp³-hybridized carbons (Fsp3) is 0.429. The van der Waals surface area contributed by atoms with Gasteiger partial charge in [-0.05, 0) is 23.8 Å². The Morgan fingerprint density at radius 1 is 1.47 bits per heavy atom. The standard InChI is InChI=1S/C14H17NO2S2/c1-2-3-6-9-19(10-15)13(14(16)17)11-7-4-5-8-12(11)18-19/h4-5,7-8,13H,2-3,6,9H2,1H3,(H,16,17). The van der Waals surface area contributed by atoms with Crippen molar-refractivity contribution < 1.29 is 9.90 Å². The highest BCUT2D eigenvalue weighted by atomic mass is 33.2. The number of fused-ring (bicyclic) bond motifs is 1. The van der Waals surface area contributed by atoms with Gasteiger partial charge in [-0.25, -0.2) is 0 Å². The molecule has 1 aliphatic heterocycles. The van der Waals surface area contributed by atoms with E-state index in [0.29, 0.717) is 5.75 Å². The molecule has 1 aromatic carbocycles. The van der Waals surface area contributed by atoms with Gasteiger partial charge in [0.1, 0.15) is 10.7 Å². The van der Waals surface area contributed by atoms with E-state index in [0.717, 1.165) is 29.7 Å². The summed E-state index contributed by atoms with van der Waals surface area (Å²) in [6, 6.07) is 7.55. The molecule has 0 saturated heterocycles. The Morgan fingerprint density at radius 2 is 2.21 bits per heavy atom. The zero-order chi connectivity index (χ0) is 13.9. The third kappa shape index (κ3) is 2.60. The van der Waals surface area contributed by atoms with Crippen LogP contribution < -0.4 is 0 Å². The zero-order valence-corrected chi connectivity index (χ0v) is 12.5. The van der Waals surface area contributed by atoms with Gasteiger partial charge in [0.05, 0.1) is 0 Å². The van der Waals surface area contributed by atoms with Crippen LogP contribution in [0.4, 0.5) is 0 Å². The summed E-state index contributed by atoms with van der Waals surface area (Å²) < 4.78 is 0. The Hall–Kier alpha value is -1.12. The van der Waals surface area contributed by atoms with Crippen LogP contribution in [0, 0.1) is 10.7 Å². The van der Waals surface area contributed by atoms with Gasteiger partial charge in [-0.2, -0.15) is 5.26 Å². The molecule has 3 nitrogen and oxygen atoms in total. The van der Waals surface area contributed by atoms with Crippen molar-refractivity contribution in [2.45, 2.75) is 36.3 Å². The quantitative estimate of drug-likeness (QED) is 0.499. The van der Waals surface area contributed by atoms with E-state index in [9.17, 15) is 15.2 Å². The molecule has 0 fully saturated rings. The largest absolute Gasteiger partial charge is 0.480 e. The smallest absolute Gasteiger partial charge is 0.321 e. The van der Waals surface area contributed by atoms with Crippen molar-refractivity contribution in [3.63, 3.8) is 0 Å². The number of benzene rings is 1. The van der Waals surface area contributed by atoms with Crippen molar-refractivity contribution in [1.82, 2.24) is 0 Å². The van der Waals surface area contributed by atoms with E-state index in [1.54, 1.807) is 0 Å². The molecular formula is C14H17NO2S2. The molecule has 5 heteroatoms. The van der Waals surface area contributed by atoms with Crippen LogP contribution in [-0.2, 0) is 4.79 Å². The van der Waals surface area contributed by atoms with Crippen LogP contribution in [0.2, 0.25) is 0 Å². The van der Waals surface area contributed by atoms with Gasteiger partial charge < -0.3 is 5.11 Å². The average molecular weight is 295 g/mol. The lowest BCUT2D eigenvalue weighted by atomic mass is 10.1. The number of unbranched alkanes of at least 4 members (excludes halogenated alkanes) is 2. The molecule has 0 amide bonds. The highest BCUT2D eigenvalue weighted by Gasteiger charge is 2.47. The van der Waals surface area contributed by atoms with E-state index in [1.165, 1.54) is 10.8 Å². The SMILES string of the molecule is CCCCCS1(C#N)Sc2ccccc2C1C(=O)O. The van der Waals surface area contributed by atoms with Crippen molar-refractivity contribution in [2.75, 3.05) is 5.75 Å². The van der Waals surface area contributed by atoms with Gasteiger partial charge in [0, 0.05) is 4.90 Å². The maximum atomic E-state index is 11.6. The fourth-order valence-electron chi connectivity index (χ4n) is 2.33. The molecule has 0 bridgehead atoms. The summed E-state index contributed by atoms with van der Waals surface area (Å²) in [7, 11) is -0.336. The Balaban J connectivity index is 2.35. The van der Waals surface area contributed by atoms with Crippen molar-refractivity contribution >= 4 is 25.8 Å². The van der Waals surface area contributed by atoms with Crippen molar-refractivity contribution in [3.8, 4) is 5.40 Å². The number of carboxylic acids is 1. The lowest BCUT2D eigenvalue weighted by molar-refractivity contribution is -0.136. The number of rotatable bonds is 5. The second-order valence-electron chi connectivity index (χ2n) is 4.57. The van der Waals surface area contributed by atoms with Gasteiger partial charge in [-0.3, -0.25) is 4.79 Å². The summed E-state index contributed by atoms with van der Waals surface area (Å²) in [5, 5.41) is 20.9. The molecule has 0 saturated carbocycles. The van der Waals surface area contributed by atoms with Gasteiger partial charge >= 0.3 is 5.97 Å². The summed E-state index contributed by atoms with van der Waals surface area (Å²) in [5.41, 5.74) is 0.827. The highest BCUT2D eigenvalue weighted by Crippen LogP contribution is 2.77. The topological polar surface area (TPSA) is 61.1 Å². The molecule has 1 aliphatic rings. The van der Waals surface area contributed by atoms with Crippen LogP contribution in [0.25, 0.3) is 0 Å². The van der Waals surface area contributed by atoms with E-state index in [2.05, 4.69) is 12.3 Å². The molecule has 2 atom stereocenters. The van der Waals surface area contributed by atoms with Gasteiger partial charge in [0.25, 0.3) is 0 Å². The Morgan fingerprint density at radius 3 is 2.84 bits per heavy atom. The first-order valence-corrected chi connectivity index (χ1v) is 9.56. The van der Waals surface area contributed by atoms with Gasteiger partial charge in [0.15, 0.2) is 0 Å². The van der Waals surface area contributed by atoms with E-state index < -0.39 is 20.3 Å².